The lowest BCUT2D eigenvalue weighted by Crippen LogP contribution is -1.86. The Labute approximate surface area is 251 Å². The van der Waals surface area contributed by atoms with E-state index < -0.39 is 0 Å². The molecule has 42 heavy (non-hydrogen) atoms. The fourth-order valence-corrected chi connectivity index (χ4v) is 4.50. The number of pyridine rings is 3. The van der Waals surface area contributed by atoms with E-state index in [4.69, 9.17) is 0 Å². The quantitative estimate of drug-likeness (QED) is 0.220. The maximum atomic E-state index is 4.38. The molecule has 3 aromatic heterocycles. The zero-order valence-corrected chi connectivity index (χ0v) is 25.5. The molecular formula is C39H39N3. The van der Waals surface area contributed by atoms with Gasteiger partial charge in [0, 0.05) is 35.3 Å². The smallest absolute Gasteiger partial charge is 0.0731 e. The van der Waals surface area contributed by atoms with Crippen molar-refractivity contribution in [3.63, 3.8) is 0 Å². The SMILES string of the molecule is Cc1ccc(-c2ncccc2C)cc1.Cc1ccc(-c2ncccc2C)cc1.Cc1ccc(-c2ncccc2C)cc1. The van der Waals surface area contributed by atoms with Crippen LogP contribution in [0.4, 0.5) is 0 Å². The zero-order valence-electron chi connectivity index (χ0n) is 25.5. The van der Waals surface area contributed by atoms with E-state index >= 15 is 0 Å². The van der Waals surface area contributed by atoms with Gasteiger partial charge in [0.25, 0.3) is 0 Å². The summed E-state index contributed by atoms with van der Waals surface area (Å²) in [6.45, 7) is 12.5. The lowest BCUT2D eigenvalue weighted by Gasteiger charge is -2.04. The van der Waals surface area contributed by atoms with E-state index in [9.17, 15) is 0 Å². The third-order valence-corrected chi connectivity index (χ3v) is 7.00. The molecule has 0 radical (unpaired) electrons. The fourth-order valence-electron chi connectivity index (χ4n) is 4.50. The number of hydrogen-bond donors (Lipinski definition) is 0. The van der Waals surface area contributed by atoms with E-state index in [1.54, 1.807) is 0 Å². The summed E-state index contributed by atoms with van der Waals surface area (Å²) in [6.07, 6.45) is 5.51. The number of rotatable bonds is 3. The van der Waals surface area contributed by atoms with Crippen LogP contribution in [0.2, 0.25) is 0 Å². The first-order valence-electron chi connectivity index (χ1n) is 14.3. The van der Waals surface area contributed by atoms with Gasteiger partial charge in [-0.3, -0.25) is 15.0 Å². The third kappa shape index (κ3) is 8.31. The molecule has 0 saturated heterocycles. The van der Waals surface area contributed by atoms with Gasteiger partial charge in [0.2, 0.25) is 0 Å². The van der Waals surface area contributed by atoms with E-state index in [1.807, 2.05) is 36.8 Å². The van der Waals surface area contributed by atoms with Crippen molar-refractivity contribution < 1.29 is 0 Å². The summed E-state index contributed by atoms with van der Waals surface area (Å²) in [5, 5.41) is 0. The first kappa shape index (κ1) is 30.1. The van der Waals surface area contributed by atoms with Crippen LogP contribution in [0.1, 0.15) is 33.4 Å². The number of benzene rings is 3. The number of aryl methyl sites for hydroxylation is 6. The standard InChI is InChI=1S/3C13H13N/c3*1-10-5-7-12(8-6-10)13-11(2)4-3-9-14-13/h3*3-9H,1-2H3. The summed E-state index contributed by atoms with van der Waals surface area (Å²) in [5.74, 6) is 0. The molecule has 3 aromatic carbocycles. The Morgan fingerprint density at radius 3 is 0.762 bits per heavy atom. The molecule has 0 unspecified atom stereocenters. The fraction of sp³-hybridized carbons (Fsp3) is 0.154. The second kappa shape index (κ2) is 14.7. The molecule has 0 bridgehead atoms. The Balaban J connectivity index is 0.000000145. The molecule has 210 valence electrons. The van der Waals surface area contributed by atoms with Gasteiger partial charge in [0.1, 0.15) is 0 Å². The minimum absolute atomic E-state index is 1.08. The Bertz CT molecular complexity index is 1490. The van der Waals surface area contributed by atoms with Gasteiger partial charge >= 0.3 is 0 Å². The monoisotopic (exact) mass is 549 g/mol. The molecular weight excluding hydrogens is 510 g/mol. The zero-order chi connectivity index (χ0) is 29.9. The van der Waals surface area contributed by atoms with Gasteiger partial charge < -0.3 is 0 Å². The summed E-state index contributed by atoms with van der Waals surface area (Å²) in [4.78, 5) is 13.1. The maximum absolute atomic E-state index is 4.38. The van der Waals surface area contributed by atoms with Gasteiger partial charge in [0.15, 0.2) is 0 Å². The molecule has 3 heterocycles. The van der Waals surface area contributed by atoms with Gasteiger partial charge in [-0.1, -0.05) is 108 Å². The Morgan fingerprint density at radius 1 is 0.310 bits per heavy atom. The lowest BCUT2D eigenvalue weighted by molar-refractivity contribution is 1.27. The summed E-state index contributed by atoms with van der Waals surface area (Å²) in [6, 6.07) is 37.5. The van der Waals surface area contributed by atoms with Crippen LogP contribution in [-0.4, -0.2) is 15.0 Å². The van der Waals surface area contributed by atoms with Gasteiger partial charge in [-0.25, -0.2) is 0 Å². The minimum Gasteiger partial charge on any atom is -0.256 e. The largest absolute Gasteiger partial charge is 0.256 e. The average Bonchev–Trinajstić information content (AvgIpc) is 3.00. The molecule has 0 spiro atoms. The van der Waals surface area contributed by atoms with Crippen LogP contribution in [0, 0.1) is 41.5 Å². The van der Waals surface area contributed by atoms with Gasteiger partial charge in [-0.15, -0.1) is 0 Å². The number of aromatic nitrogens is 3. The Kier molecular flexibility index (Phi) is 10.5. The summed E-state index contributed by atoms with van der Waals surface area (Å²) < 4.78 is 0. The van der Waals surface area contributed by atoms with Crippen molar-refractivity contribution in [2.24, 2.45) is 0 Å². The highest BCUT2D eigenvalue weighted by Gasteiger charge is 2.03. The third-order valence-electron chi connectivity index (χ3n) is 7.00. The molecule has 6 rings (SSSR count). The highest BCUT2D eigenvalue weighted by atomic mass is 14.7. The van der Waals surface area contributed by atoms with Crippen LogP contribution in [0.15, 0.2) is 128 Å². The number of nitrogens with zero attached hydrogens (tertiary/aromatic N) is 3. The van der Waals surface area contributed by atoms with Crippen LogP contribution in [0.3, 0.4) is 0 Å². The average molecular weight is 550 g/mol. The van der Waals surface area contributed by atoms with Gasteiger partial charge in [0.05, 0.1) is 17.1 Å². The normalized spacial score (nSPS) is 10.1. The predicted molar refractivity (Wildman–Crippen MR) is 177 cm³/mol. The van der Waals surface area contributed by atoms with Crippen molar-refractivity contribution in [3.05, 3.63) is 161 Å². The molecule has 6 aromatic rings. The topological polar surface area (TPSA) is 38.7 Å². The first-order chi connectivity index (χ1) is 20.3. The molecule has 3 heteroatoms. The van der Waals surface area contributed by atoms with E-state index in [1.165, 1.54) is 50.1 Å². The van der Waals surface area contributed by atoms with Crippen molar-refractivity contribution >= 4 is 0 Å². The van der Waals surface area contributed by atoms with E-state index in [-0.39, 0.29) is 0 Å². The van der Waals surface area contributed by atoms with E-state index in [0.717, 1.165) is 17.1 Å². The van der Waals surface area contributed by atoms with Crippen molar-refractivity contribution in [2.45, 2.75) is 41.5 Å². The molecule has 0 amide bonds. The van der Waals surface area contributed by atoms with E-state index in [2.05, 4.69) is 147 Å². The number of hydrogen-bond acceptors (Lipinski definition) is 3. The first-order valence-corrected chi connectivity index (χ1v) is 14.3. The highest BCUT2D eigenvalue weighted by Crippen LogP contribution is 2.22. The van der Waals surface area contributed by atoms with Crippen LogP contribution < -0.4 is 0 Å². The Morgan fingerprint density at radius 2 is 0.548 bits per heavy atom. The molecule has 0 N–H and O–H groups in total. The van der Waals surface area contributed by atoms with Crippen LogP contribution in [0.25, 0.3) is 33.8 Å². The van der Waals surface area contributed by atoms with Crippen LogP contribution in [-0.2, 0) is 0 Å². The van der Waals surface area contributed by atoms with Crippen LogP contribution in [0.5, 0.6) is 0 Å². The summed E-state index contributed by atoms with van der Waals surface area (Å²) in [5.41, 5.74) is 14.3. The highest BCUT2D eigenvalue weighted by molar-refractivity contribution is 5.64. The second-order valence-electron chi connectivity index (χ2n) is 10.6. The molecule has 0 atom stereocenters. The minimum atomic E-state index is 1.08. The molecule has 0 aliphatic heterocycles. The summed E-state index contributed by atoms with van der Waals surface area (Å²) >= 11 is 0. The van der Waals surface area contributed by atoms with Gasteiger partial charge in [-0.2, -0.15) is 0 Å². The predicted octanol–water partition coefficient (Wildman–Crippen LogP) is 10.1. The Hall–Kier alpha value is -4.89. The lowest BCUT2D eigenvalue weighted by atomic mass is 10.1. The molecule has 0 fully saturated rings. The maximum Gasteiger partial charge on any atom is 0.0731 e. The summed E-state index contributed by atoms with van der Waals surface area (Å²) in [7, 11) is 0. The molecule has 3 nitrogen and oxygen atoms in total. The molecule has 0 saturated carbocycles. The molecule has 0 aliphatic rings. The van der Waals surface area contributed by atoms with Crippen LogP contribution >= 0.6 is 0 Å². The second-order valence-corrected chi connectivity index (χ2v) is 10.6. The van der Waals surface area contributed by atoms with Crippen molar-refractivity contribution in [1.29, 1.82) is 0 Å². The molecule has 0 aliphatic carbocycles. The van der Waals surface area contributed by atoms with Crippen molar-refractivity contribution in [2.75, 3.05) is 0 Å². The van der Waals surface area contributed by atoms with Gasteiger partial charge in [-0.05, 0) is 76.4 Å². The van der Waals surface area contributed by atoms with Crippen molar-refractivity contribution in [3.8, 4) is 33.8 Å². The van der Waals surface area contributed by atoms with E-state index in [0.29, 0.717) is 0 Å². The van der Waals surface area contributed by atoms with Crippen molar-refractivity contribution in [1.82, 2.24) is 15.0 Å².